The van der Waals surface area contributed by atoms with Crippen LogP contribution in [-0.4, -0.2) is 73.4 Å². The van der Waals surface area contributed by atoms with Crippen LogP contribution in [0.3, 0.4) is 0 Å². The van der Waals surface area contributed by atoms with E-state index in [2.05, 4.69) is 5.32 Å². The van der Waals surface area contributed by atoms with Gasteiger partial charge in [0, 0.05) is 31.1 Å². The molecule has 1 aliphatic carbocycles. The molecule has 3 atom stereocenters. The lowest BCUT2D eigenvalue weighted by Crippen LogP contribution is -2.50. The molecule has 0 saturated heterocycles. The number of rotatable bonds is 8. The van der Waals surface area contributed by atoms with Crippen molar-refractivity contribution >= 4 is 27.5 Å². The third-order valence-electron chi connectivity index (χ3n) is 7.05. The van der Waals surface area contributed by atoms with Gasteiger partial charge in [0.25, 0.3) is 5.91 Å². The van der Waals surface area contributed by atoms with Gasteiger partial charge in [0.1, 0.15) is 11.9 Å². The van der Waals surface area contributed by atoms with Crippen molar-refractivity contribution in [3.8, 4) is 5.75 Å². The Bertz CT molecular complexity index is 1260. The van der Waals surface area contributed by atoms with Crippen LogP contribution in [0.25, 0.3) is 0 Å². The number of nitrogens with zero attached hydrogens (tertiary/aromatic N) is 2. The minimum atomic E-state index is -3.76. The molecule has 1 heterocycles. The van der Waals surface area contributed by atoms with E-state index in [1.165, 1.54) is 11.4 Å². The highest BCUT2D eigenvalue weighted by Gasteiger charge is 2.36. The molecule has 0 aromatic heterocycles. The van der Waals surface area contributed by atoms with Gasteiger partial charge < -0.3 is 20.1 Å². The SMILES string of the molecule is Cc1ccc(S(=O)(=O)N(C)C[C@@H]2Oc3ccc(NC(=O)C4CC4)cc3C(=O)N([C@@H](C)CO)C[C@@H]2C)cc1. The quantitative estimate of drug-likeness (QED) is 0.543. The first-order valence-corrected chi connectivity index (χ1v) is 14.0. The van der Waals surface area contributed by atoms with Crippen molar-refractivity contribution in [2.45, 2.75) is 50.7 Å². The van der Waals surface area contributed by atoms with E-state index in [0.29, 0.717) is 11.4 Å². The largest absolute Gasteiger partial charge is 0.488 e. The van der Waals surface area contributed by atoms with E-state index in [9.17, 15) is 23.1 Å². The van der Waals surface area contributed by atoms with Crippen molar-refractivity contribution in [3.63, 3.8) is 0 Å². The highest BCUT2D eigenvalue weighted by Crippen LogP contribution is 2.33. The molecule has 2 aliphatic rings. The minimum Gasteiger partial charge on any atom is -0.488 e. The van der Waals surface area contributed by atoms with Crippen LogP contribution in [0.15, 0.2) is 47.4 Å². The topological polar surface area (TPSA) is 116 Å². The summed E-state index contributed by atoms with van der Waals surface area (Å²) in [6.45, 7) is 5.66. The molecule has 2 aromatic carbocycles. The lowest BCUT2D eigenvalue weighted by Gasteiger charge is -2.38. The number of aliphatic hydroxyl groups excluding tert-OH is 1. The van der Waals surface area contributed by atoms with Crippen molar-refractivity contribution in [2.24, 2.45) is 11.8 Å². The molecule has 9 nitrogen and oxygen atoms in total. The molecule has 200 valence electrons. The number of carbonyl (C=O) groups is 2. The average Bonchev–Trinajstić information content (AvgIpc) is 3.72. The molecule has 10 heteroatoms. The number of ether oxygens (including phenoxy) is 1. The Labute approximate surface area is 218 Å². The van der Waals surface area contributed by atoms with Gasteiger partial charge in [-0.1, -0.05) is 24.6 Å². The van der Waals surface area contributed by atoms with Crippen LogP contribution in [0.2, 0.25) is 0 Å². The molecular weight excluding hydrogens is 494 g/mol. The van der Waals surface area contributed by atoms with Crippen molar-refractivity contribution in [1.29, 1.82) is 0 Å². The average molecular weight is 530 g/mol. The zero-order valence-corrected chi connectivity index (χ0v) is 22.5. The van der Waals surface area contributed by atoms with Gasteiger partial charge in [0.15, 0.2) is 0 Å². The van der Waals surface area contributed by atoms with Crippen LogP contribution in [0.1, 0.15) is 42.6 Å². The number of likely N-dealkylation sites (N-methyl/N-ethyl adjacent to an activating group) is 1. The van der Waals surface area contributed by atoms with Gasteiger partial charge in [-0.2, -0.15) is 4.31 Å². The van der Waals surface area contributed by atoms with E-state index in [1.54, 1.807) is 54.3 Å². The first-order valence-electron chi connectivity index (χ1n) is 12.6. The zero-order chi connectivity index (χ0) is 26.9. The smallest absolute Gasteiger partial charge is 0.258 e. The van der Waals surface area contributed by atoms with Gasteiger partial charge in [-0.3, -0.25) is 9.59 Å². The van der Waals surface area contributed by atoms with Gasteiger partial charge in [-0.05, 0) is 57.0 Å². The van der Waals surface area contributed by atoms with Crippen LogP contribution in [-0.2, 0) is 14.8 Å². The second kappa shape index (κ2) is 10.8. The van der Waals surface area contributed by atoms with Crippen molar-refractivity contribution < 1.29 is 27.9 Å². The first kappa shape index (κ1) is 27.1. The molecule has 0 radical (unpaired) electrons. The number of amides is 2. The third-order valence-corrected chi connectivity index (χ3v) is 8.88. The normalized spacial score (nSPS) is 21.0. The Hall–Kier alpha value is -2.95. The molecule has 2 amide bonds. The van der Waals surface area contributed by atoms with E-state index in [4.69, 9.17) is 4.74 Å². The number of aliphatic hydroxyl groups is 1. The van der Waals surface area contributed by atoms with Gasteiger partial charge in [-0.15, -0.1) is 0 Å². The summed E-state index contributed by atoms with van der Waals surface area (Å²) in [5.41, 5.74) is 1.72. The highest BCUT2D eigenvalue weighted by molar-refractivity contribution is 7.89. The second-order valence-corrected chi connectivity index (χ2v) is 12.2. The Kier molecular flexibility index (Phi) is 7.91. The predicted molar refractivity (Wildman–Crippen MR) is 140 cm³/mol. The summed E-state index contributed by atoms with van der Waals surface area (Å²) in [4.78, 5) is 27.6. The molecule has 2 aromatic rings. The van der Waals surface area contributed by atoms with E-state index in [-0.39, 0.29) is 53.8 Å². The van der Waals surface area contributed by atoms with Crippen LogP contribution >= 0.6 is 0 Å². The van der Waals surface area contributed by atoms with Crippen molar-refractivity contribution in [2.75, 3.05) is 32.1 Å². The summed E-state index contributed by atoms with van der Waals surface area (Å²) in [5, 5.41) is 12.7. The summed E-state index contributed by atoms with van der Waals surface area (Å²) in [7, 11) is -2.24. The molecule has 2 N–H and O–H groups in total. The lowest BCUT2D eigenvalue weighted by atomic mass is 9.99. The molecule has 37 heavy (non-hydrogen) atoms. The maximum atomic E-state index is 13.5. The van der Waals surface area contributed by atoms with E-state index >= 15 is 0 Å². The molecule has 4 rings (SSSR count). The molecule has 0 unspecified atom stereocenters. The minimum absolute atomic E-state index is 0.0103. The number of sulfonamides is 1. The van der Waals surface area contributed by atoms with E-state index in [0.717, 1.165) is 18.4 Å². The summed E-state index contributed by atoms with van der Waals surface area (Å²) >= 11 is 0. The lowest BCUT2D eigenvalue weighted by molar-refractivity contribution is -0.117. The standard InChI is InChI=1S/C27H35N3O6S/c1-17-5-10-22(11-6-17)37(34,35)29(4)15-25-18(2)14-30(19(3)16-31)27(33)23-13-21(9-12-24(23)36-25)28-26(32)20-7-8-20/h5-6,9-13,18-20,25,31H,7-8,14-16H2,1-4H3,(H,28,32)/t18-,19-,25-/m0/s1. The maximum absolute atomic E-state index is 13.5. The van der Waals surface area contributed by atoms with Gasteiger partial charge in [-0.25, -0.2) is 8.42 Å². The zero-order valence-electron chi connectivity index (χ0n) is 21.7. The summed E-state index contributed by atoms with van der Waals surface area (Å²) in [6, 6.07) is 11.1. The van der Waals surface area contributed by atoms with Gasteiger partial charge in [0.2, 0.25) is 15.9 Å². The van der Waals surface area contributed by atoms with Gasteiger partial charge >= 0.3 is 0 Å². The van der Waals surface area contributed by atoms with Crippen molar-refractivity contribution in [3.05, 3.63) is 53.6 Å². The van der Waals surface area contributed by atoms with Crippen LogP contribution < -0.4 is 10.1 Å². The molecule has 0 spiro atoms. The highest BCUT2D eigenvalue weighted by atomic mass is 32.2. The fourth-order valence-electron chi connectivity index (χ4n) is 4.35. The van der Waals surface area contributed by atoms with E-state index < -0.39 is 22.2 Å². The van der Waals surface area contributed by atoms with Gasteiger partial charge in [0.05, 0.1) is 29.7 Å². The van der Waals surface area contributed by atoms with Crippen LogP contribution in [0, 0.1) is 18.8 Å². The molecule has 1 fully saturated rings. The van der Waals surface area contributed by atoms with E-state index in [1.807, 2.05) is 13.8 Å². The second-order valence-electron chi connectivity index (χ2n) is 10.2. The third kappa shape index (κ3) is 5.97. The first-order chi connectivity index (χ1) is 17.5. The molecule has 0 bridgehead atoms. The number of aryl methyl sites for hydroxylation is 1. The summed E-state index contributed by atoms with van der Waals surface area (Å²) in [6.07, 6.45) is 1.15. The van der Waals surface area contributed by atoms with Crippen LogP contribution in [0.4, 0.5) is 5.69 Å². The monoisotopic (exact) mass is 529 g/mol. The molecular formula is C27H35N3O6S. The fourth-order valence-corrected chi connectivity index (χ4v) is 5.53. The Morgan fingerprint density at radius 3 is 2.51 bits per heavy atom. The number of fused-ring (bicyclic) bond motifs is 1. The number of hydrogen-bond donors (Lipinski definition) is 2. The maximum Gasteiger partial charge on any atom is 0.258 e. The molecule has 1 saturated carbocycles. The number of hydrogen-bond acceptors (Lipinski definition) is 6. The number of benzene rings is 2. The Morgan fingerprint density at radius 1 is 1.22 bits per heavy atom. The predicted octanol–water partition coefficient (Wildman–Crippen LogP) is 2.88. The number of carbonyl (C=O) groups excluding carboxylic acids is 2. The summed E-state index contributed by atoms with van der Waals surface area (Å²) < 4.78 is 34.0. The Morgan fingerprint density at radius 2 is 1.89 bits per heavy atom. The molecule has 1 aliphatic heterocycles. The van der Waals surface area contributed by atoms with Crippen LogP contribution in [0.5, 0.6) is 5.75 Å². The Balaban J connectivity index is 1.64. The number of nitrogens with one attached hydrogen (secondary N) is 1. The number of anilines is 1. The fraction of sp³-hybridized carbons (Fsp3) is 0.481. The van der Waals surface area contributed by atoms with Crippen molar-refractivity contribution in [1.82, 2.24) is 9.21 Å². The summed E-state index contributed by atoms with van der Waals surface area (Å²) in [5.74, 6) is -0.312.